The Bertz CT molecular complexity index is 97.4. The van der Waals surface area contributed by atoms with Gasteiger partial charge in [0.15, 0.2) is 0 Å². The smallest absolute Gasteiger partial charge is 0.0235 e. The molecular weight excluding hydrogens is 230 g/mol. The molecule has 0 saturated carbocycles. The summed E-state index contributed by atoms with van der Waals surface area (Å²) in [6.45, 7) is 3.41. The second-order valence-electron chi connectivity index (χ2n) is 3.02. The van der Waals surface area contributed by atoms with Crippen molar-refractivity contribution in [2.75, 3.05) is 25.5 Å². The second-order valence-corrected chi connectivity index (χ2v) is 3.40. The Morgan fingerprint density at radius 2 is 1.85 bits per heavy atom. The van der Waals surface area contributed by atoms with Gasteiger partial charge in [-0.2, -0.15) is 0 Å². The molecule has 0 aromatic rings. The SMILES string of the molecule is Cl.Cl.ClCCCNC1CCNCC1. The number of hydrogen-bond donors (Lipinski definition) is 2. The molecule has 82 valence electrons. The fourth-order valence-corrected chi connectivity index (χ4v) is 1.53. The lowest BCUT2D eigenvalue weighted by molar-refractivity contribution is 0.388. The van der Waals surface area contributed by atoms with Crippen molar-refractivity contribution in [2.45, 2.75) is 25.3 Å². The largest absolute Gasteiger partial charge is 0.317 e. The third-order valence-corrected chi connectivity index (χ3v) is 2.35. The summed E-state index contributed by atoms with van der Waals surface area (Å²) in [5, 5.41) is 6.84. The third-order valence-electron chi connectivity index (χ3n) is 2.08. The highest BCUT2D eigenvalue weighted by molar-refractivity contribution is 6.17. The molecule has 1 saturated heterocycles. The molecule has 0 aliphatic carbocycles. The molecule has 2 N–H and O–H groups in total. The maximum atomic E-state index is 5.57. The quantitative estimate of drug-likeness (QED) is 0.586. The monoisotopic (exact) mass is 248 g/mol. The van der Waals surface area contributed by atoms with Gasteiger partial charge in [0.25, 0.3) is 0 Å². The molecule has 0 atom stereocenters. The van der Waals surface area contributed by atoms with Crippen LogP contribution in [0.1, 0.15) is 19.3 Å². The van der Waals surface area contributed by atoms with Crippen LogP contribution in [0.3, 0.4) is 0 Å². The van der Waals surface area contributed by atoms with Crippen LogP contribution >= 0.6 is 36.4 Å². The van der Waals surface area contributed by atoms with Gasteiger partial charge < -0.3 is 10.6 Å². The van der Waals surface area contributed by atoms with Crippen LogP contribution in [-0.4, -0.2) is 31.6 Å². The summed E-state index contributed by atoms with van der Waals surface area (Å²) in [6.07, 6.45) is 3.62. The Labute approximate surface area is 98.0 Å². The molecule has 0 amide bonds. The molecule has 0 unspecified atom stereocenters. The second kappa shape index (κ2) is 10.9. The van der Waals surface area contributed by atoms with Gasteiger partial charge >= 0.3 is 0 Å². The Kier molecular flexibility index (Phi) is 13.6. The van der Waals surface area contributed by atoms with Crippen LogP contribution in [0.25, 0.3) is 0 Å². The van der Waals surface area contributed by atoms with Crippen LogP contribution in [0.15, 0.2) is 0 Å². The highest BCUT2D eigenvalue weighted by atomic mass is 35.5. The zero-order chi connectivity index (χ0) is 7.94. The van der Waals surface area contributed by atoms with Gasteiger partial charge in [-0.15, -0.1) is 36.4 Å². The topological polar surface area (TPSA) is 24.1 Å². The van der Waals surface area contributed by atoms with E-state index in [1.54, 1.807) is 0 Å². The highest BCUT2D eigenvalue weighted by Gasteiger charge is 2.10. The highest BCUT2D eigenvalue weighted by Crippen LogP contribution is 2.01. The molecule has 1 fully saturated rings. The predicted octanol–water partition coefficient (Wildman–Crippen LogP) is 1.80. The number of piperidine rings is 1. The van der Waals surface area contributed by atoms with Crippen LogP contribution in [0.5, 0.6) is 0 Å². The number of alkyl halides is 1. The molecule has 0 spiro atoms. The first kappa shape index (κ1) is 16.2. The summed E-state index contributed by atoms with van der Waals surface area (Å²) in [5.41, 5.74) is 0. The van der Waals surface area contributed by atoms with Gasteiger partial charge in [0.05, 0.1) is 0 Å². The minimum absolute atomic E-state index is 0. The molecule has 0 aromatic heterocycles. The summed E-state index contributed by atoms with van der Waals surface area (Å²) in [7, 11) is 0. The van der Waals surface area contributed by atoms with Crippen molar-refractivity contribution in [1.82, 2.24) is 10.6 Å². The molecule has 1 aliphatic rings. The van der Waals surface area contributed by atoms with Gasteiger partial charge in [0.1, 0.15) is 0 Å². The fraction of sp³-hybridized carbons (Fsp3) is 1.00. The van der Waals surface area contributed by atoms with Crippen molar-refractivity contribution >= 4 is 36.4 Å². The number of halogens is 3. The fourth-order valence-electron chi connectivity index (χ4n) is 1.40. The molecular formula is C8H19Cl3N2. The first-order chi connectivity index (χ1) is 5.43. The number of rotatable bonds is 4. The van der Waals surface area contributed by atoms with Crippen molar-refractivity contribution < 1.29 is 0 Å². The Morgan fingerprint density at radius 1 is 1.23 bits per heavy atom. The van der Waals surface area contributed by atoms with E-state index in [4.69, 9.17) is 11.6 Å². The van der Waals surface area contributed by atoms with E-state index < -0.39 is 0 Å². The molecule has 0 bridgehead atoms. The minimum atomic E-state index is 0. The predicted molar refractivity (Wildman–Crippen MR) is 63.7 cm³/mol. The van der Waals surface area contributed by atoms with E-state index in [2.05, 4.69) is 10.6 Å². The van der Waals surface area contributed by atoms with Crippen LogP contribution in [0.4, 0.5) is 0 Å². The standard InChI is InChI=1S/C8H17ClN2.2ClH/c9-4-1-5-11-8-2-6-10-7-3-8;;/h8,10-11H,1-7H2;2*1H. The lowest BCUT2D eigenvalue weighted by Gasteiger charge is -2.23. The van der Waals surface area contributed by atoms with Gasteiger partial charge in [0.2, 0.25) is 0 Å². The van der Waals surface area contributed by atoms with Crippen molar-refractivity contribution in [3.05, 3.63) is 0 Å². The zero-order valence-corrected chi connectivity index (χ0v) is 10.1. The zero-order valence-electron chi connectivity index (χ0n) is 7.72. The maximum absolute atomic E-state index is 5.57. The molecule has 1 aliphatic heterocycles. The number of nitrogens with one attached hydrogen (secondary N) is 2. The molecule has 0 aromatic carbocycles. The van der Waals surface area contributed by atoms with E-state index in [-0.39, 0.29) is 24.8 Å². The van der Waals surface area contributed by atoms with Crippen molar-refractivity contribution in [3.63, 3.8) is 0 Å². The summed E-state index contributed by atoms with van der Waals surface area (Å²) < 4.78 is 0. The molecule has 5 heteroatoms. The lowest BCUT2D eigenvalue weighted by atomic mass is 10.1. The van der Waals surface area contributed by atoms with Gasteiger partial charge in [-0.3, -0.25) is 0 Å². The van der Waals surface area contributed by atoms with E-state index >= 15 is 0 Å². The first-order valence-electron chi connectivity index (χ1n) is 4.43. The van der Waals surface area contributed by atoms with Crippen molar-refractivity contribution in [1.29, 1.82) is 0 Å². The number of hydrogen-bond acceptors (Lipinski definition) is 2. The summed E-state index contributed by atoms with van der Waals surface area (Å²) in [4.78, 5) is 0. The van der Waals surface area contributed by atoms with Crippen LogP contribution in [-0.2, 0) is 0 Å². The Morgan fingerprint density at radius 3 is 2.38 bits per heavy atom. The molecule has 13 heavy (non-hydrogen) atoms. The summed E-state index contributed by atoms with van der Waals surface area (Å²) >= 11 is 5.57. The lowest BCUT2D eigenvalue weighted by Crippen LogP contribution is -2.40. The van der Waals surface area contributed by atoms with Gasteiger partial charge in [0, 0.05) is 11.9 Å². The maximum Gasteiger partial charge on any atom is 0.0235 e. The van der Waals surface area contributed by atoms with E-state index in [0.717, 1.165) is 24.9 Å². The first-order valence-corrected chi connectivity index (χ1v) is 4.97. The average molecular weight is 250 g/mol. The van der Waals surface area contributed by atoms with Gasteiger partial charge in [-0.1, -0.05) is 0 Å². The Balaban J connectivity index is 0. The van der Waals surface area contributed by atoms with Crippen molar-refractivity contribution in [2.24, 2.45) is 0 Å². The molecule has 2 nitrogen and oxygen atoms in total. The summed E-state index contributed by atoms with van der Waals surface area (Å²) in [5.74, 6) is 0.776. The van der Waals surface area contributed by atoms with E-state index in [0.29, 0.717) is 0 Å². The van der Waals surface area contributed by atoms with Crippen LogP contribution in [0.2, 0.25) is 0 Å². The van der Waals surface area contributed by atoms with E-state index in [1.165, 1.54) is 25.9 Å². The van der Waals surface area contributed by atoms with Crippen LogP contribution in [0, 0.1) is 0 Å². The Hall–Kier alpha value is 0.790. The normalized spacial score (nSPS) is 17.3. The third kappa shape index (κ3) is 7.83. The van der Waals surface area contributed by atoms with Crippen molar-refractivity contribution in [3.8, 4) is 0 Å². The van der Waals surface area contributed by atoms with Gasteiger partial charge in [-0.25, -0.2) is 0 Å². The van der Waals surface area contributed by atoms with Gasteiger partial charge in [-0.05, 0) is 38.9 Å². The average Bonchev–Trinajstić information content (AvgIpc) is 2.07. The molecule has 0 radical (unpaired) electrons. The minimum Gasteiger partial charge on any atom is -0.317 e. The van der Waals surface area contributed by atoms with E-state index in [9.17, 15) is 0 Å². The van der Waals surface area contributed by atoms with E-state index in [1.807, 2.05) is 0 Å². The molecule has 1 heterocycles. The molecule has 1 rings (SSSR count). The summed E-state index contributed by atoms with van der Waals surface area (Å²) in [6, 6.07) is 0.736. The van der Waals surface area contributed by atoms with Crippen LogP contribution < -0.4 is 10.6 Å².